The van der Waals surface area contributed by atoms with Gasteiger partial charge in [-0.15, -0.1) is 0 Å². The quantitative estimate of drug-likeness (QED) is 0.686. The summed E-state index contributed by atoms with van der Waals surface area (Å²) < 4.78 is 0. The largest absolute Gasteiger partial charge is 0.389 e. The van der Waals surface area contributed by atoms with Gasteiger partial charge in [-0.2, -0.15) is 0 Å². The smallest absolute Gasteiger partial charge is 0.223 e. The Hall–Kier alpha value is -1.62. The monoisotopic (exact) mass is 207 g/mol. The molecule has 1 amide bonds. The van der Waals surface area contributed by atoms with Crippen LogP contribution in [0.25, 0.3) is 0 Å². The Kier molecular flexibility index (Phi) is 2.55. The van der Waals surface area contributed by atoms with Crippen LogP contribution in [-0.2, 0) is 11.2 Å². The lowest BCUT2D eigenvalue weighted by atomic mass is 10.1. The summed E-state index contributed by atoms with van der Waals surface area (Å²) in [7, 11) is 0. The Morgan fingerprint density at radius 1 is 1.60 bits per heavy atom. The third-order valence-electron chi connectivity index (χ3n) is 2.33. The summed E-state index contributed by atoms with van der Waals surface area (Å²) in [5, 5.41) is 9.15. The Balaban J connectivity index is 2.09. The van der Waals surface area contributed by atoms with Crippen molar-refractivity contribution in [3.8, 4) is 0 Å². The summed E-state index contributed by atoms with van der Waals surface area (Å²) in [6, 6.07) is 5.46. The molecule has 1 fully saturated rings. The molecule has 0 aliphatic carbocycles. The standard InChI is InChI=1S/C10H13N3O2/c11-9(15)4-7-2-1-3-10(12-7)13-5-8(14)6-13/h1-3,8,14H,4-6H2,(H2,11,15). The predicted octanol–water partition coefficient (Wildman–Crippen LogP) is -0.710. The molecule has 5 nitrogen and oxygen atoms in total. The van der Waals surface area contributed by atoms with Crippen molar-refractivity contribution in [2.75, 3.05) is 18.0 Å². The zero-order valence-electron chi connectivity index (χ0n) is 8.26. The predicted molar refractivity (Wildman–Crippen MR) is 55.4 cm³/mol. The molecule has 1 aromatic rings. The summed E-state index contributed by atoms with van der Waals surface area (Å²) in [6.45, 7) is 1.21. The molecule has 1 aliphatic heterocycles. The molecule has 0 atom stereocenters. The number of rotatable bonds is 3. The van der Waals surface area contributed by atoms with Gasteiger partial charge in [-0.25, -0.2) is 4.98 Å². The van der Waals surface area contributed by atoms with Crippen molar-refractivity contribution >= 4 is 11.7 Å². The zero-order valence-corrected chi connectivity index (χ0v) is 8.26. The van der Waals surface area contributed by atoms with Gasteiger partial charge in [-0.1, -0.05) is 6.07 Å². The molecule has 0 spiro atoms. The maximum absolute atomic E-state index is 10.7. The van der Waals surface area contributed by atoms with Crippen molar-refractivity contribution in [1.29, 1.82) is 0 Å². The van der Waals surface area contributed by atoms with E-state index in [2.05, 4.69) is 4.98 Å². The highest BCUT2D eigenvalue weighted by atomic mass is 16.3. The van der Waals surface area contributed by atoms with Crippen LogP contribution in [0.3, 0.4) is 0 Å². The molecule has 0 aromatic carbocycles. The lowest BCUT2D eigenvalue weighted by molar-refractivity contribution is -0.117. The second-order valence-corrected chi connectivity index (χ2v) is 3.69. The van der Waals surface area contributed by atoms with Crippen molar-refractivity contribution in [1.82, 2.24) is 4.98 Å². The molecule has 2 rings (SSSR count). The number of hydrogen-bond acceptors (Lipinski definition) is 4. The molecular formula is C10H13N3O2. The van der Waals surface area contributed by atoms with Crippen LogP contribution in [0, 0.1) is 0 Å². The van der Waals surface area contributed by atoms with Crippen LogP contribution in [0.4, 0.5) is 5.82 Å². The molecule has 0 radical (unpaired) electrons. The summed E-state index contributed by atoms with van der Waals surface area (Å²) in [6.07, 6.45) is -0.101. The van der Waals surface area contributed by atoms with Crippen molar-refractivity contribution in [2.24, 2.45) is 5.73 Å². The van der Waals surface area contributed by atoms with Gasteiger partial charge in [0.25, 0.3) is 0 Å². The average Bonchev–Trinajstić information content (AvgIpc) is 2.12. The topological polar surface area (TPSA) is 79.5 Å². The molecular weight excluding hydrogens is 194 g/mol. The van der Waals surface area contributed by atoms with Gasteiger partial charge in [0.05, 0.1) is 18.2 Å². The third-order valence-corrected chi connectivity index (χ3v) is 2.33. The minimum atomic E-state index is -0.386. The van der Waals surface area contributed by atoms with Gasteiger partial charge < -0.3 is 15.7 Å². The number of nitrogens with two attached hydrogens (primary N) is 1. The van der Waals surface area contributed by atoms with E-state index in [9.17, 15) is 4.79 Å². The lowest BCUT2D eigenvalue weighted by Crippen LogP contribution is -2.51. The fourth-order valence-corrected chi connectivity index (χ4v) is 1.56. The molecule has 5 heteroatoms. The number of primary amides is 1. The SMILES string of the molecule is NC(=O)Cc1cccc(N2CC(O)C2)n1. The van der Waals surface area contributed by atoms with Crippen LogP contribution in [0.1, 0.15) is 5.69 Å². The summed E-state index contributed by atoms with van der Waals surface area (Å²) in [4.78, 5) is 17.0. The van der Waals surface area contributed by atoms with E-state index in [1.165, 1.54) is 0 Å². The van der Waals surface area contributed by atoms with Crippen molar-refractivity contribution in [2.45, 2.75) is 12.5 Å². The van der Waals surface area contributed by atoms with Gasteiger partial charge in [-0.05, 0) is 12.1 Å². The third kappa shape index (κ3) is 2.24. The van der Waals surface area contributed by atoms with Gasteiger partial charge in [-0.3, -0.25) is 4.79 Å². The minimum Gasteiger partial charge on any atom is -0.389 e. The van der Waals surface area contributed by atoms with Gasteiger partial charge >= 0.3 is 0 Å². The molecule has 0 bridgehead atoms. The number of hydrogen-bond donors (Lipinski definition) is 2. The van der Waals surface area contributed by atoms with Gasteiger partial charge in [0.2, 0.25) is 5.91 Å². The number of aliphatic hydroxyl groups excluding tert-OH is 1. The van der Waals surface area contributed by atoms with Crippen LogP contribution in [0.5, 0.6) is 0 Å². The van der Waals surface area contributed by atoms with E-state index in [-0.39, 0.29) is 18.4 Å². The highest BCUT2D eigenvalue weighted by Gasteiger charge is 2.25. The van der Waals surface area contributed by atoms with E-state index in [1.54, 1.807) is 6.07 Å². The normalized spacial score (nSPS) is 16.2. The molecule has 15 heavy (non-hydrogen) atoms. The number of pyridine rings is 1. The lowest BCUT2D eigenvalue weighted by Gasteiger charge is -2.36. The summed E-state index contributed by atoms with van der Waals surface area (Å²) >= 11 is 0. The highest BCUT2D eigenvalue weighted by molar-refractivity contribution is 5.76. The number of nitrogens with zero attached hydrogens (tertiary/aromatic N) is 2. The fraction of sp³-hybridized carbons (Fsp3) is 0.400. The van der Waals surface area contributed by atoms with Crippen LogP contribution in [0.15, 0.2) is 18.2 Å². The first-order valence-electron chi connectivity index (χ1n) is 4.82. The van der Waals surface area contributed by atoms with Crippen molar-refractivity contribution in [3.05, 3.63) is 23.9 Å². The van der Waals surface area contributed by atoms with Crippen LogP contribution in [-0.4, -0.2) is 35.2 Å². The van der Waals surface area contributed by atoms with Gasteiger partial charge in [0.1, 0.15) is 5.82 Å². The number of aliphatic hydroxyl groups is 1. The van der Waals surface area contributed by atoms with E-state index in [0.29, 0.717) is 18.8 Å². The second-order valence-electron chi connectivity index (χ2n) is 3.69. The first kappa shape index (κ1) is 9.92. The molecule has 80 valence electrons. The van der Waals surface area contributed by atoms with Crippen LogP contribution in [0.2, 0.25) is 0 Å². The molecule has 1 aliphatic rings. The number of carbonyl (C=O) groups excluding carboxylic acids is 1. The molecule has 0 unspecified atom stereocenters. The van der Waals surface area contributed by atoms with Gasteiger partial charge in [0.15, 0.2) is 0 Å². The van der Waals surface area contributed by atoms with Crippen LogP contribution < -0.4 is 10.6 Å². The molecule has 3 N–H and O–H groups in total. The Morgan fingerprint density at radius 3 is 2.93 bits per heavy atom. The first-order valence-corrected chi connectivity index (χ1v) is 4.82. The first-order chi connectivity index (χ1) is 7.15. The van der Waals surface area contributed by atoms with E-state index in [0.717, 1.165) is 5.82 Å². The van der Waals surface area contributed by atoms with E-state index in [1.807, 2.05) is 17.0 Å². The maximum atomic E-state index is 10.7. The number of amides is 1. The number of β-amino-alcohol motifs (C(OH)–C–C–N with tert-alkyl or cyclic N) is 1. The van der Waals surface area contributed by atoms with E-state index in [4.69, 9.17) is 10.8 Å². The zero-order chi connectivity index (χ0) is 10.8. The van der Waals surface area contributed by atoms with E-state index >= 15 is 0 Å². The molecule has 1 saturated heterocycles. The highest BCUT2D eigenvalue weighted by Crippen LogP contribution is 2.18. The number of anilines is 1. The summed E-state index contributed by atoms with van der Waals surface area (Å²) in [5.41, 5.74) is 5.75. The fourth-order valence-electron chi connectivity index (χ4n) is 1.56. The minimum absolute atomic E-state index is 0.157. The van der Waals surface area contributed by atoms with Crippen molar-refractivity contribution < 1.29 is 9.90 Å². The maximum Gasteiger partial charge on any atom is 0.223 e. The van der Waals surface area contributed by atoms with Crippen LogP contribution >= 0.6 is 0 Å². The molecule has 2 heterocycles. The number of carbonyl (C=O) groups is 1. The molecule has 0 saturated carbocycles. The molecule has 1 aromatic heterocycles. The average molecular weight is 207 g/mol. The van der Waals surface area contributed by atoms with E-state index < -0.39 is 0 Å². The Labute approximate surface area is 87.5 Å². The van der Waals surface area contributed by atoms with Gasteiger partial charge in [0, 0.05) is 13.1 Å². The number of aromatic nitrogens is 1. The van der Waals surface area contributed by atoms with Crippen molar-refractivity contribution in [3.63, 3.8) is 0 Å². The summed E-state index contributed by atoms with van der Waals surface area (Å²) in [5.74, 6) is 0.405. The Bertz CT molecular complexity index is 375. The Morgan fingerprint density at radius 2 is 2.33 bits per heavy atom. The second kappa shape index (κ2) is 3.86.